The van der Waals surface area contributed by atoms with E-state index < -0.39 is 17.8 Å². The lowest BCUT2D eigenvalue weighted by Crippen LogP contribution is -2.50. The van der Waals surface area contributed by atoms with Crippen LogP contribution in [0.5, 0.6) is 0 Å². The number of benzene rings is 2. The molecule has 2 atom stereocenters. The summed E-state index contributed by atoms with van der Waals surface area (Å²) >= 11 is 1.56. The van der Waals surface area contributed by atoms with E-state index in [2.05, 4.69) is 0 Å². The van der Waals surface area contributed by atoms with Gasteiger partial charge in [0.1, 0.15) is 17.2 Å². The molecule has 1 aliphatic rings. The number of thioether (sulfide) groups is 1. The highest BCUT2D eigenvalue weighted by Gasteiger charge is 2.44. The summed E-state index contributed by atoms with van der Waals surface area (Å²) in [5.74, 6) is -0.549. The van der Waals surface area contributed by atoms with Gasteiger partial charge < -0.3 is 9.80 Å². The fourth-order valence-electron chi connectivity index (χ4n) is 3.68. The minimum absolute atomic E-state index is 0.00580. The Kier molecular flexibility index (Phi) is 7.31. The van der Waals surface area contributed by atoms with Gasteiger partial charge in [-0.05, 0) is 30.5 Å². The maximum absolute atomic E-state index is 14.4. The highest BCUT2D eigenvalue weighted by molar-refractivity contribution is 7.99. The molecule has 29 heavy (non-hydrogen) atoms. The van der Waals surface area contributed by atoms with Crippen LogP contribution >= 0.6 is 11.8 Å². The third-order valence-corrected chi connectivity index (χ3v) is 6.33. The lowest BCUT2D eigenvalue weighted by Gasteiger charge is -2.32. The van der Waals surface area contributed by atoms with Crippen molar-refractivity contribution in [3.05, 3.63) is 71.5 Å². The van der Waals surface area contributed by atoms with E-state index in [0.717, 1.165) is 18.4 Å². The molecule has 0 aromatic heterocycles. The monoisotopic (exact) mass is 414 g/mol. The molecule has 6 heteroatoms. The average Bonchev–Trinajstić information content (AvgIpc) is 3.18. The van der Waals surface area contributed by atoms with Gasteiger partial charge in [0, 0.05) is 18.8 Å². The van der Waals surface area contributed by atoms with E-state index >= 15 is 0 Å². The van der Waals surface area contributed by atoms with Crippen LogP contribution in [0.3, 0.4) is 0 Å². The van der Waals surface area contributed by atoms with E-state index in [1.54, 1.807) is 28.8 Å². The summed E-state index contributed by atoms with van der Waals surface area (Å²) in [4.78, 5) is 30.2. The van der Waals surface area contributed by atoms with E-state index in [1.807, 2.05) is 49.1 Å². The van der Waals surface area contributed by atoms with E-state index in [-0.39, 0.29) is 16.8 Å². The van der Waals surface area contributed by atoms with Crippen molar-refractivity contribution in [1.29, 1.82) is 0 Å². The second-order valence-corrected chi connectivity index (χ2v) is 8.24. The highest BCUT2D eigenvalue weighted by Crippen LogP contribution is 2.42. The van der Waals surface area contributed by atoms with Crippen molar-refractivity contribution in [2.24, 2.45) is 0 Å². The minimum atomic E-state index is -0.601. The van der Waals surface area contributed by atoms with Gasteiger partial charge >= 0.3 is 0 Å². The van der Waals surface area contributed by atoms with Crippen molar-refractivity contribution in [3.8, 4) is 0 Å². The summed E-state index contributed by atoms with van der Waals surface area (Å²) in [7, 11) is 0. The molecule has 154 valence electrons. The van der Waals surface area contributed by atoms with Gasteiger partial charge in [0.2, 0.25) is 5.91 Å². The molecule has 4 nitrogen and oxygen atoms in total. The Balaban J connectivity index is 1.98. The molecule has 0 saturated carbocycles. The number of rotatable bonds is 7. The normalized spacial score (nSPS) is 18.7. The van der Waals surface area contributed by atoms with Crippen molar-refractivity contribution in [1.82, 2.24) is 9.80 Å². The summed E-state index contributed by atoms with van der Waals surface area (Å²) in [5, 5.41) is -0.317. The number of hydrogen-bond donors (Lipinski definition) is 0. The number of carbonyl (C=O) groups is 2. The molecular weight excluding hydrogens is 387 g/mol. The largest absolute Gasteiger partial charge is 0.341 e. The number of amides is 2. The van der Waals surface area contributed by atoms with Gasteiger partial charge in [0.05, 0.1) is 5.56 Å². The summed E-state index contributed by atoms with van der Waals surface area (Å²) < 4.78 is 14.4. The molecule has 0 aliphatic carbocycles. The first-order valence-corrected chi connectivity index (χ1v) is 11.2. The maximum atomic E-state index is 14.4. The molecule has 2 amide bonds. The SMILES string of the molecule is CCCN(CCC)C(=O)C1CSC(c2ccccc2)N1C(=O)c1ccccc1F. The Morgan fingerprint density at radius 1 is 1.03 bits per heavy atom. The predicted molar refractivity (Wildman–Crippen MR) is 115 cm³/mol. The van der Waals surface area contributed by atoms with E-state index in [9.17, 15) is 14.0 Å². The first-order valence-electron chi connectivity index (χ1n) is 10.1. The molecular formula is C23H27FN2O2S. The third-order valence-electron chi connectivity index (χ3n) is 5.01. The zero-order valence-electron chi connectivity index (χ0n) is 16.9. The fourth-order valence-corrected chi connectivity index (χ4v) is 5.10. The van der Waals surface area contributed by atoms with Crippen LogP contribution in [-0.4, -0.2) is 46.5 Å². The van der Waals surface area contributed by atoms with Crippen LogP contribution in [0.1, 0.15) is 48.0 Å². The molecule has 3 rings (SSSR count). The first kappa shape index (κ1) is 21.4. The van der Waals surface area contributed by atoms with E-state index in [4.69, 9.17) is 0 Å². The van der Waals surface area contributed by atoms with Crippen LogP contribution < -0.4 is 0 Å². The van der Waals surface area contributed by atoms with Gasteiger partial charge in [-0.1, -0.05) is 56.3 Å². The summed E-state index contributed by atoms with van der Waals surface area (Å²) in [6.45, 7) is 5.39. The maximum Gasteiger partial charge on any atom is 0.258 e. The molecule has 1 saturated heterocycles. The summed E-state index contributed by atoms with van der Waals surface area (Å²) in [5.41, 5.74) is 0.946. The highest BCUT2D eigenvalue weighted by atomic mass is 32.2. The van der Waals surface area contributed by atoms with Crippen LogP contribution in [0.25, 0.3) is 0 Å². The Morgan fingerprint density at radius 3 is 2.28 bits per heavy atom. The third kappa shape index (κ3) is 4.64. The zero-order valence-corrected chi connectivity index (χ0v) is 17.7. The van der Waals surface area contributed by atoms with Gasteiger partial charge in [-0.2, -0.15) is 0 Å². The smallest absolute Gasteiger partial charge is 0.258 e. The average molecular weight is 415 g/mol. The minimum Gasteiger partial charge on any atom is -0.341 e. The number of hydrogen-bond acceptors (Lipinski definition) is 3. The molecule has 1 heterocycles. The van der Waals surface area contributed by atoms with Crippen molar-refractivity contribution < 1.29 is 14.0 Å². The molecule has 2 unspecified atom stereocenters. The number of carbonyl (C=O) groups excluding carboxylic acids is 2. The van der Waals surface area contributed by atoms with Gasteiger partial charge in [-0.3, -0.25) is 9.59 Å². The number of halogens is 1. The molecule has 1 fully saturated rings. The molecule has 0 radical (unpaired) electrons. The van der Waals surface area contributed by atoms with Gasteiger partial charge in [0.15, 0.2) is 0 Å². The quantitative estimate of drug-likeness (QED) is 0.658. The standard InChI is InChI=1S/C23H27FN2O2S/c1-3-14-25(15-4-2)22(28)20-16-29-23(17-10-6-5-7-11-17)26(20)21(27)18-12-8-9-13-19(18)24/h5-13,20,23H,3-4,14-16H2,1-2H3. The molecule has 2 aromatic rings. The fraction of sp³-hybridized carbons (Fsp3) is 0.391. The summed E-state index contributed by atoms with van der Waals surface area (Å²) in [6.07, 6.45) is 1.71. The second kappa shape index (κ2) is 9.92. The van der Waals surface area contributed by atoms with Crippen molar-refractivity contribution in [2.45, 2.75) is 38.1 Å². The summed E-state index contributed by atoms with van der Waals surface area (Å²) in [6, 6.07) is 15.0. The predicted octanol–water partition coefficient (Wildman–Crippen LogP) is 4.73. The molecule has 0 spiro atoms. The Hall–Kier alpha value is -2.34. The molecule has 1 aliphatic heterocycles. The van der Waals surface area contributed by atoms with Crippen LogP contribution in [0.2, 0.25) is 0 Å². The van der Waals surface area contributed by atoms with Crippen LogP contribution in [0.4, 0.5) is 4.39 Å². The van der Waals surface area contributed by atoms with Gasteiger partial charge in [-0.25, -0.2) is 4.39 Å². The van der Waals surface area contributed by atoms with E-state index in [0.29, 0.717) is 18.8 Å². The Labute approximate surface area is 176 Å². The van der Waals surface area contributed by atoms with Gasteiger partial charge in [-0.15, -0.1) is 11.8 Å². The lowest BCUT2D eigenvalue weighted by molar-refractivity contribution is -0.135. The molecule has 0 bridgehead atoms. The zero-order chi connectivity index (χ0) is 20.8. The van der Waals surface area contributed by atoms with Crippen molar-refractivity contribution in [2.75, 3.05) is 18.8 Å². The Bertz CT molecular complexity index is 840. The molecule has 2 aromatic carbocycles. The lowest BCUT2D eigenvalue weighted by atomic mass is 10.1. The van der Waals surface area contributed by atoms with Crippen molar-refractivity contribution in [3.63, 3.8) is 0 Å². The topological polar surface area (TPSA) is 40.6 Å². The number of nitrogens with zero attached hydrogens (tertiary/aromatic N) is 2. The first-order chi connectivity index (χ1) is 14.1. The van der Waals surface area contributed by atoms with Crippen molar-refractivity contribution >= 4 is 23.6 Å². The second-order valence-electron chi connectivity index (χ2n) is 7.13. The van der Waals surface area contributed by atoms with Crippen LogP contribution in [0.15, 0.2) is 54.6 Å². The van der Waals surface area contributed by atoms with Crippen LogP contribution in [0, 0.1) is 5.82 Å². The van der Waals surface area contributed by atoms with Crippen LogP contribution in [-0.2, 0) is 4.79 Å². The Morgan fingerprint density at radius 2 is 1.66 bits per heavy atom. The van der Waals surface area contributed by atoms with Gasteiger partial charge in [0.25, 0.3) is 5.91 Å². The molecule has 0 N–H and O–H groups in total. The van der Waals surface area contributed by atoms with E-state index in [1.165, 1.54) is 12.1 Å².